The highest BCUT2D eigenvalue weighted by atomic mass is 17.1. The van der Waals surface area contributed by atoms with Crippen LogP contribution in [0.25, 0.3) is 0 Å². The summed E-state index contributed by atoms with van der Waals surface area (Å²) < 4.78 is 0. The second-order valence-electron chi connectivity index (χ2n) is 3.59. The average Bonchev–Trinajstić information content (AvgIpc) is 2.63. The molecule has 0 aliphatic carbocycles. The van der Waals surface area contributed by atoms with Crippen molar-refractivity contribution >= 4 is 17.8 Å². The Morgan fingerprint density at radius 2 is 2.06 bits per heavy atom. The number of amides is 2. The zero-order valence-electron chi connectivity index (χ0n) is 8.73. The number of imide groups is 1. The largest absolute Gasteiger partial charge is 0.342 e. The third kappa shape index (κ3) is 2.02. The van der Waals surface area contributed by atoms with Gasteiger partial charge in [0.2, 0.25) is 0 Å². The van der Waals surface area contributed by atoms with Crippen LogP contribution in [0.3, 0.4) is 0 Å². The summed E-state index contributed by atoms with van der Waals surface area (Å²) in [6.07, 6.45) is 0.164. The number of benzene rings is 1. The number of nitrogens with one attached hydrogen (secondary N) is 1. The summed E-state index contributed by atoms with van der Waals surface area (Å²) in [5.41, 5.74) is 1.18. The molecule has 0 bridgehead atoms. The van der Waals surface area contributed by atoms with Gasteiger partial charge in [-0.15, -0.1) is 0 Å². The molecule has 17 heavy (non-hydrogen) atoms. The minimum atomic E-state index is -0.785. The molecule has 6 nitrogen and oxygen atoms in total. The SMILES string of the molecule is O=C(CCc1cccc2c1C(=O)NC2=O)OO. The van der Waals surface area contributed by atoms with Crippen molar-refractivity contribution in [1.82, 2.24) is 5.32 Å². The van der Waals surface area contributed by atoms with Crippen LogP contribution in [-0.2, 0) is 16.1 Å². The van der Waals surface area contributed by atoms with E-state index in [9.17, 15) is 14.4 Å². The zero-order valence-corrected chi connectivity index (χ0v) is 8.73. The van der Waals surface area contributed by atoms with E-state index >= 15 is 0 Å². The second kappa shape index (κ2) is 4.34. The molecule has 0 radical (unpaired) electrons. The average molecular weight is 235 g/mol. The van der Waals surface area contributed by atoms with Gasteiger partial charge in [-0.2, -0.15) is 5.26 Å². The van der Waals surface area contributed by atoms with Crippen molar-refractivity contribution < 1.29 is 24.5 Å². The van der Waals surface area contributed by atoms with E-state index in [1.165, 1.54) is 0 Å². The van der Waals surface area contributed by atoms with Gasteiger partial charge in [-0.3, -0.25) is 14.9 Å². The highest BCUT2D eigenvalue weighted by Gasteiger charge is 2.28. The van der Waals surface area contributed by atoms with Crippen molar-refractivity contribution in [3.63, 3.8) is 0 Å². The number of carbonyl (C=O) groups is 3. The van der Waals surface area contributed by atoms with E-state index in [-0.39, 0.29) is 12.8 Å². The lowest BCUT2D eigenvalue weighted by atomic mass is 9.99. The number of rotatable bonds is 3. The smallest absolute Gasteiger partial charge is 0.301 e. The molecule has 88 valence electrons. The van der Waals surface area contributed by atoms with Crippen LogP contribution in [0.15, 0.2) is 18.2 Å². The Morgan fingerprint density at radius 3 is 2.76 bits per heavy atom. The monoisotopic (exact) mass is 235 g/mol. The Balaban J connectivity index is 2.28. The van der Waals surface area contributed by atoms with E-state index in [1.807, 2.05) is 0 Å². The number of aryl methyl sites for hydroxylation is 1. The molecular formula is C11H9NO5. The fourth-order valence-electron chi connectivity index (χ4n) is 1.78. The maximum Gasteiger partial charge on any atom is 0.342 e. The predicted molar refractivity (Wildman–Crippen MR) is 55.3 cm³/mol. The van der Waals surface area contributed by atoms with Gasteiger partial charge in [0.05, 0.1) is 17.5 Å². The maximum atomic E-state index is 11.5. The fourth-order valence-corrected chi connectivity index (χ4v) is 1.78. The quantitative estimate of drug-likeness (QED) is 0.452. The lowest BCUT2D eigenvalue weighted by Crippen LogP contribution is -2.20. The molecule has 6 heteroatoms. The molecule has 0 spiro atoms. The van der Waals surface area contributed by atoms with Gasteiger partial charge < -0.3 is 4.89 Å². The third-order valence-corrected chi connectivity index (χ3v) is 2.55. The maximum absolute atomic E-state index is 11.5. The zero-order chi connectivity index (χ0) is 12.4. The molecule has 1 heterocycles. The summed E-state index contributed by atoms with van der Waals surface area (Å²) in [6, 6.07) is 4.84. The Labute approximate surface area is 96.1 Å². The van der Waals surface area contributed by atoms with Gasteiger partial charge in [0.25, 0.3) is 11.8 Å². The molecule has 0 aromatic heterocycles. The Hall–Kier alpha value is -2.21. The van der Waals surface area contributed by atoms with Crippen LogP contribution in [0.4, 0.5) is 0 Å². The van der Waals surface area contributed by atoms with Crippen molar-refractivity contribution in [2.75, 3.05) is 0 Å². The lowest BCUT2D eigenvalue weighted by Gasteiger charge is -2.03. The summed E-state index contributed by atoms with van der Waals surface area (Å²) in [5.74, 6) is -1.68. The molecule has 1 aromatic rings. The van der Waals surface area contributed by atoms with Gasteiger partial charge in [0, 0.05) is 0 Å². The molecule has 0 unspecified atom stereocenters. The van der Waals surface area contributed by atoms with E-state index in [1.54, 1.807) is 18.2 Å². The summed E-state index contributed by atoms with van der Waals surface area (Å²) >= 11 is 0. The van der Waals surface area contributed by atoms with Crippen molar-refractivity contribution in [1.29, 1.82) is 0 Å². The van der Waals surface area contributed by atoms with Crippen molar-refractivity contribution in [2.24, 2.45) is 0 Å². The molecule has 2 N–H and O–H groups in total. The molecule has 0 saturated heterocycles. The first kappa shape index (κ1) is 11.3. The van der Waals surface area contributed by atoms with Gasteiger partial charge in [-0.1, -0.05) is 12.1 Å². The molecule has 1 aliphatic heterocycles. The molecule has 0 atom stereocenters. The first-order valence-electron chi connectivity index (χ1n) is 4.95. The highest BCUT2D eigenvalue weighted by molar-refractivity contribution is 6.22. The summed E-state index contributed by atoms with van der Waals surface area (Å²) in [7, 11) is 0. The fraction of sp³-hybridized carbons (Fsp3) is 0.182. The van der Waals surface area contributed by atoms with Crippen LogP contribution in [0.1, 0.15) is 32.7 Å². The first-order chi connectivity index (χ1) is 8.13. The van der Waals surface area contributed by atoms with Gasteiger partial charge in [0.15, 0.2) is 0 Å². The summed E-state index contributed by atoms with van der Waals surface area (Å²) in [4.78, 5) is 37.2. The topological polar surface area (TPSA) is 92.7 Å². The number of carbonyl (C=O) groups excluding carboxylic acids is 3. The van der Waals surface area contributed by atoms with Crippen LogP contribution < -0.4 is 5.32 Å². The third-order valence-electron chi connectivity index (χ3n) is 2.55. The van der Waals surface area contributed by atoms with E-state index in [4.69, 9.17) is 5.26 Å². The van der Waals surface area contributed by atoms with Crippen molar-refractivity contribution in [3.8, 4) is 0 Å². The molecule has 0 saturated carbocycles. The Bertz CT molecular complexity index is 509. The number of hydrogen-bond acceptors (Lipinski definition) is 5. The van der Waals surface area contributed by atoms with Crippen LogP contribution in [0.2, 0.25) is 0 Å². The van der Waals surface area contributed by atoms with Crippen LogP contribution in [0, 0.1) is 0 Å². The second-order valence-corrected chi connectivity index (χ2v) is 3.59. The Morgan fingerprint density at radius 1 is 1.29 bits per heavy atom. The first-order valence-corrected chi connectivity index (χ1v) is 4.95. The molecule has 1 aliphatic rings. The van der Waals surface area contributed by atoms with Crippen molar-refractivity contribution in [3.05, 3.63) is 34.9 Å². The number of hydrogen-bond donors (Lipinski definition) is 2. The molecule has 1 aromatic carbocycles. The summed E-state index contributed by atoms with van der Waals surface area (Å²) in [5, 5.41) is 10.3. The van der Waals surface area contributed by atoms with Gasteiger partial charge in [-0.05, 0) is 18.1 Å². The van der Waals surface area contributed by atoms with Crippen LogP contribution in [-0.4, -0.2) is 23.0 Å². The van der Waals surface area contributed by atoms with Crippen molar-refractivity contribution in [2.45, 2.75) is 12.8 Å². The van der Waals surface area contributed by atoms with E-state index < -0.39 is 17.8 Å². The van der Waals surface area contributed by atoms with Crippen LogP contribution in [0.5, 0.6) is 0 Å². The van der Waals surface area contributed by atoms with Crippen LogP contribution >= 0.6 is 0 Å². The Kier molecular flexibility index (Phi) is 2.88. The highest BCUT2D eigenvalue weighted by Crippen LogP contribution is 2.21. The minimum absolute atomic E-state index is 0.0611. The van der Waals surface area contributed by atoms with E-state index in [2.05, 4.69) is 10.2 Å². The molecule has 2 amide bonds. The summed E-state index contributed by atoms with van der Waals surface area (Å²) in [6.45, 7) is 0. The standard InChI is InChI=1S/C11H9NO5/c13-8(17-16)5-4-6-2-1-3-7-9(6)11(15)12-10(7)14/h1-3,16H,4-5H2,(H,12,14,15). The molecule has 0 fully saturated rings. The van der Waals surface area contributed by atoms with Gasteiger partial charge >= 0.3 is 5.97 Å². The predicted octanol–water partition coefficient (Wildman–Crippen LogP) is 0.519. The van der Waals surface area contributed by atoms with Gasteiger partial charge in [-0.25, -0.2) is 4.79 Å². The van der Waals surface area contributed by atoms with E-state index in [0.29, 0.717) is 16.7 Å². The normalized spacial score (nSPS) is 13.2. The molecule has 2 rings (SSSR count). The van der Waals surface area contributed by atoms with Gasteiger partial charge in [0.1, 0.15) is 0 Å². The number of fused-ring (bicyclic) bond motifs is 1. The van der Waals surface area contributed by atoms with E-state index in [0.717, 1.165) is 0 Å². The minimum Gasteiger partial charge on any atom is -0.301 e. The molecular weight excluding hydrogens is 226 g/mol. The lowest BCUT2D eigenvalue weighted by molar-refractivity contribution is -0.234.